The fraction of sp³-hybridized carbons (Fsp3) is 0.240. The van der Waals surface area contributed by atoms with Crippen molar-refractivity contribution in [1.29, 1.82) is 0 Å². The van der Waals surface area contributed by atoms with Crippen molar-refractivity contribution in [2.24, 2.45) is 0 Å². The van der Waals surface area contributed by atoms with E-state index in [-0.39, 0.29) is 5.56 Å². The smallest absolute Gasteiger partial charge is 0.271 e. The Kier molecular flexibility index (Phi) is 7.12. The van der Waals surface area contributed by atoms with Crippen molar-refractivity contribution in [3.05, 3.63) is 87.4 Å². The molecule has 0 bridgehead atoms. The van der Waals surface area contributed by atoms with E-state index in [2.05, 4.69) is 29.2 Å². The number of benzene rings is 2. The maximum absolute atomic E-state index is 13.0. The van der Waals surface area contributed by atoms with Crippen LogP contribution in [0.1, 0.15) is 11.1 Å². The highest BCUT2D eigenvalue weighted by Gasteiger charge is 2.11. The first kappa shape index (κ1) is 23.4. The Bertz CT molecular complexity index is 1330. The Morgan fingerprint density at radius 2 is 1.73 bits per heavy atom. The largest absolute Gasteiger partial charge is 0.355 e. The van der Waals surface area contributed by atoms with Gasteiger partial charge in [0.25, 0.3) is 5.56 Å². The predicted octanol–water partition coefficient (Wildman–Crippen LogP) is 5.30. The highest BCUT2D eigenvalue weighted by atomic mass is 35.5. The maximum Gasteiger partial charge on any atom is 0.271 e. The monoisotopic (exact) mass is 496 g/mol. The third-order valence-electron chi connectivity index (χ3n) is 5.43. The molecule has 33 heavy (non-hydrogen) atoms. The molecule has 0 saturated heterocycles. The van der Waals surface area contributed by atoms with Crippen LogP contribution in [0.4, 0.5) is 0 Å². The topological polar surface area (TPSA) is 41.4 Å². The number of hydrogen-bond acceptors (Lipinski definition) is 4. The molecule has 0 atom stereocenters. The average molecular weight is 497 g/mol. The lowest BCUT2D eigenvalue weighted by molar-refractivity contribution is 0.434. The Labute approximate surface area is 207 Å². The summed E-state index contributed by atoms with van der Waals surface area (Å²) in [7, 11) is 5.89. The minimum atomic E-state index is 0.000608. The van der Waals surface area contributed by atoms with E-state index in [0.29, 0.717) is 16.3 Å². The van der Waals surface area contributed by atoms with Crippen LogP contribution in [0.2, 0.25) is 5.02 Å². The number of fused-ring (bicyclic) bond motifs is 1. The van der Waals surface area contributed by atoms with Crippen molar-refractivity contribution >= 4 is 50.5 Å². The summed E-state index contributed by atoms with van der Waals surface area (Å²) in [5, 5.41) is 1.49. The van der Waals surface area contributed by atoms with Gasteiger partial charge in [0.1, 0.15) is 4.70 Å². The Hall–Kier alpha value is -2.74. The van der Waals surface area contributed by atoms with E-state index in [9.17, 15) is 4.79 Å². The van der Waals surface area contributed by atoms with E-state index in [4.69, 9.17) is 23.8 Å². The molecule has 0 aliphatic heterocycles. The van der Waals surface area contributed by atoms with Gasteiger partial charge >= 0.3 is 0 Å². The van der Waals surface area contributed by atoms with Crippen LogP contribution in [0.25, 0.3) is 20.7 Å². The van der Waals surface area contributed by atoms with Crippen LogP contribution in [-0.2, 0) is 19.5 Å². The van der Waals surface area contributed by atoms with Gasteiger partial charge in [-0.2, -0.15) is 0 Å². The molecule has 0 N–H and O–H groups in total. The Morgan fingerprint density at radius 1 is 1.06 bits per heavy atom. The second-order valence-electron chi connectivity index (χ2n) is 8.17. The lowest BCUT2D eigenvalue weighted by atomic mass is 10.1. The summed E-state index contributed by atoms with van der Waals surface area (Å²) >= 11 is 12.9. The molecule has 5 nitrogen and oxygen atoms in total. The highest BCUT2D eigenvalue weighted by molar-refractivity contribution is 7.80. The number of aromatic nitrogens is 2. The summed E-state index contributed by atoms with van der Waals surface area (Å²) in [6.07, 6.45) is 2.41. The van der Waals surface area contributed by atoms with E-state index in [1.54, 1.807) is 10.9 Å². The lowest BCUT2D eigenvalue weighted by Crippen LogP contribution is -2.35. The molecule has 8 heteroatoms. The van der Waals surface area contributed by atoms with Crippen LogP contribution in [0, 0.1) is 0 Å². The molecule has 170 valence electrons. The summed E-state index contributed by atoms with van der Waals surface area (Å²) in [5.74, 6) is 0. The summed E-state index contributed by atoms with van der Waals surface area (Å²) in [5.41, 5.74) is 4.14. The van der Waals surface area contributed by atoms with Crippen molar-refractivity contribution in [3.63, 3.8) is 0 Å². The van der Waals surface area contributed by atoms with Gasteiger partial charge in [-0.1, -0.05) is 48.0 Å². The molecule has 0 aliphatic rings. The first-order valence-electron chi connectivity index (χ1n) is 10.6. The van der Waals surface area contributed by atoms with Gasteiger partial charge in [-0.15, -0.1) is 11.3 Å². The molecular weight excluding hydrogens is 472 g/mol. The van der Waals surface area contributed by atoms with Gasteiger partial charge < -0.3 is 9.80 Å². The Morgan fingerprint density at radius 3 is 2.39 bits per heavy atom. The normalized spacial score (nSPS) is 11.0. The molecule has 0 aliphatic carbocycles. The van der Waals surface area contributed by atoms with Crippen LogP contribution >= 0.6 is 35.2 Å². The first-order valence-corrected chi connectivity index (χ1v) is 12.2. The molecule has 0 unspecified atom stereocenters. The van der Waals surface area contributed by atoms with Crippen molar-refractivity contribution < 1.29 is 0 Å². The van der Waals surface area contributed by atoms with Gasteiger partial charge in [0.2, 0.25) is 0 Å². The van der Waals surface area contributed by atoms with Gasteiger partial charge in [0.15, 0.2) is 5.11 Å². The Balaban J connectivity index is 1.45. The standard InChI is InChI=1S/C25H25ClN4OS2/c1-28(2)25(32)29(3)15-18-6-4-17(5-7-18)12-13-30-16-27-21-14-22(33-23(21)24(30)31)19-8-10-20(26)11-9-19/h4-11,14,16H,12-13,15H2,1-3H3. The van der Waals surface area contributed by atoms with Gasteiger partial charge in [-0.05, 0) is 53.5 Å². The zero-order chi connectivity index (χ0) is 23.5. The van der Waals surface area contributed by atoms with E-state index in [1.807, 2.05) is 61.3 Å². The van der Waals surface area contributed by atoms with Crippen molar-refractivity contribution in [2.45, 2.75) is 19.5 Å². The van der Waals surface area contributed by atoms with Crippen molar-refractivity contribution in [1.82, 2.24) is 19.4 Å². The number of thiocarbonyl (C=S) groups is 1. The van der Waals surface area contributed by atoms with Gasteiger partial charge in [-0.25, -0.2) is 4.98 Å². The molecule has 2 aromatic heterocycles. The lowest BCUT2D eigenvalue weighted by Gasteiger charge is -2.25. The average Bonchev–Trinajstić information content (AvgIpc) is 3.24. The molecular formula is C25H25ClN4OS2. The van der Waals surface area contributed by atoms with Gasteiger partial charge in [-0.3, -0.25) is 9.36 Å². The molecule has 0 amide bonds. The van der Waals surface area contributed by atoms with Crippen LogP contribution in [0.15, 0.2) is 65.7 Å². The summed E-state index contributed by atoms with van der Waals surface area (Å²) in [6.45, 7) is 1.34. The zero-order valence-corrected chi connectivity index (χ0v) is 21.2. The second kappa shape index (κ2) is 10.0. The molecule has 0 radical (unpaired) electrons. The van der Waals surface area contributed by atoms with Crippen LogP contribution in [0.3, 0.4) is 0 Å². The van der Waals surface area contributed by atoms with Crippen molar-refractivity contribution in [3.8, 4) is 10.4 Å². The van der Waals surface area contributed by atoms with E-state index >= 15 is 0 Å². The minimum Gasteiger partial charge on any atom is -0.355 e. The molecule has 0 fully saturated rings. The summed E-state index contributed by atoms with van der Waals surface area (Å²) in [6, 6.07) is 18.1. The third-order valence-corrected chi connectivity index (χ3v) is 7.52. The molecule has 4 rings (SSSR count). The fourth-order valence-corrected chi connectivity index (χ4v) is 4.86. The van der Waals surface area contributed by atoms with E-state index in [0.717, 1.165) is 34.0 Å². The highest BCUT2D eigenvalue weighted by Crippen LogP contribution is 2.31. The van der Waals surface area contributed by atoms with Crippen LogP contribution in [-0.4, -0.2) is 45.6 Å². The molecule has 2 aromatic carbocycles. The zero-order valence-electron chi connectivity index (χ0n) is 18.8. The fourth-order valence-electron chi connectivity index (χ4n) is 3.60. The summed E-state index contributed by atoms with van der Waals surface area (Å²) < 4.78 is 2.37. The van der Waals surface area contributed by atoms with Gasteiger partial charge in [0.05, 0.1) is 11.8 Å². The molecule has 0 saturated carbocycles. The van der Waals surface area contributed by atoms with Crippen LogP contribution < -0.4 is 5.56 Å². The first-order chi connectivity index (χ1) is 15.8. The predicted molar refractivity (Wildman–Crippen MR) is 142 cm³/mol. The number of nitrogens with zero attached hydrogens (tertiary/aromatic N) is 4. The maximum atomic E-state index is 13.0. The third kappa shape index (κ3) is 5.43. The van der Waals surface area contributed by atoms with Crippen molar-refractivity contribution in [2.75, 3.05) is 21.1 Å². The number of thiophene rings is 1. The number of halogens is 1. The molecule has 0 spiro atoms. The number of aryl methyl sites for hydroxylation is 2. The number of hydrogen-bond donors (Lipinski definition) is 0. The second-order valence-corrected chi connectivity index (χ2v) is 10.0. The summed E-state index contributed by atoms with van der Waals surface area (Å²) in [4.78, 5) is 22.5. The molecule has 2 heterocycles. The van der Waals surface area contributed by atoms with Gasteiger partial charge in [0, 0.05) is 44.1 Å². The molecule has 4 aromatic rings. The minimum absolute atomic E-state index is 0.000608. The van der Waals surface area contributed by atoms with E-state index < -0.39 is 0 Å². The SMILES string of the molecule is CN(C)C(=S)N(C)Cc1ccc(CCn2cnc3cc(-c4ccc(Cl)cc4)sc3c2=O)cc1. The van der Waals surface area contributed by atoms with Crippen LogP contribution in [0.5, 0.6) is 0 Å². The van der Waals surface area contributed by atoms with E-state index in [1.165, 1.54) is 22.5 Å². The number of rotatable bonds is 6. The quantitative estimate of drug-likeness (QED) is 0.339.